The molecule has 1 aliphatic rings. The molecule has 2 aromatic rings. The predicted molar refractivity (Wildman–Crippen MR) is 69.9 cm³/mol. The van der Waals surface area contributed by atoms with E-state index in [-0.39, 0.29) is 0 Å². The number of aryl methyl sites for hydroxylation is 1. The smallest absolute Gasteiger partial charge is 0.181 e. The molecule has 18 heavy (non-hydrogen) atoms. The largest absolute Gasteiger partial charge is 0.229 e. The van der Waals surface area contributed by atoms with Crippen LogP contribution in [0.2, 0.25) is 0 Å². The highest BCUT2D eigenvalue weighted by molar-refractivity contribution is 5.55. The summed E-state index contributed by atoms with van der Waals surface area (Å²) in [6.45, 7) is 2.38. The first kappa shape index (κ1) is 11.4. The van der Waals surface area contributed by atoms with Crippen molar-refractivity contribution in [3.05, 3.63) is 29.8 Å². The Balaban J connectivity index is 1.87. The van der Waals surface area contributed by atoms with Crippen molar-refractivity contribution in [2.45, 2.75) is 32.6 Å². The van der Waals surface area contributed by atoms with Crippen molar-refractivity contribution < 1.29 is 0 Å². The molecule has 0 amide bonds. The van der Waals surface area contributed by atoms with Crippen LogP contribution in [0.25, 0.3) is 11.4 Å². The van der Waals surface area contributed by atoms with E-state index < -0.39 is 0 Å². The zero-order chi connectivity index (χ0) is 12.6. The highest BCUT2D eigenvalue weighted by atomic mass is 15.5. The third kappa shape index (κ3) is 2.03. The fourth-order valence-corrected chi connectivity index (χ4v) is 2.74. The van der Waals surface area contributed by atoms with E-state index in [1.165, 1.54) is 24.8 Å². The topological polar surface area (TPSA) is 43.6 Å². The second-order valence-electron chi connectivity index (χ2n) is 5.67. The molecule has 1 saturated carbocycles. The van der Waals surface area contributed by atoms with Crippen LogP contribution in [0, 0.1) is 5.41 Å². The van der Waals surface area contributed by atoms with Gasteiger partial charge in [0.2, 0.25) is 0 Å². The Morgan fingerprint density at radius 3 is 2.78 bits per heavy atom. The van der Waals surface area contributed by atoms with Crippen molar-refractivity contribution in [3.8, 4) is 11.4 Å². The minimum Gasteiger partial charge on any atom is -0.229 e. The van der Waals surface area contributed by atoms with Gasteiger partial charge in [0.15, 0.2) is 5.82 Å². The van der Waals surface area contributed by atoms with Gasteiger partial charge in [-0.05, 0) is 46.7 Å². The lowest BCUT2D eigenvalue weighted by Crippen LogP contribution is -2.27. The van der Waals surface area contributed by atoms with Crippen molar-refractivity contribution in [3.63, 3.8) is 0 Å². The minimum atomic E-state index is 0.511. The summed E-state index contributed by atoms with van der Waals surface area (Å²) in [7, 11) is 1.87. The van der Waals surface area contributed by atoms with E-state index in [9.17, 15) is 0 Å². The second-order valence-corrected chi connectivity index (χ2v) is 5.67. The Morgan fingerprint density at radius 1 is 1.33 bits per heavy atom. The van der Waals surface area contributed by atoms with Crippen LogP contribution in [0.1, 0.15) is 31.7 Å². The van der Waals surface area contributed by atoms with Crippen molar-refractivity contribution in [1.29, 1.82) is 0 Å². The maximum Gasteiger partial charge on any atom is 0.181 e. The molecule has 0 N–H and O–H groups in total. The van der Waals surface area contributed by atoms with Crippen LogP contribution < -0.4 is 0 Å². The molecule has 0 bridgehead atoms. The standard InChI is InChI=1S/C14H18N4/c1-14(7-4-8-14)10-11-5-3-6-12(9-11)13-15-16-17-18(13)2/h3,5-6,9H,4,7-8,10H2,1-2H3. The number of tetrazole rings is 1. The van der Waals surface area contributed by atoms with Gasteiger partial charge in [0.05, 0.1) is 0 Å². The molecule has 3 rings (SSSR count). The summed E-state index contributed by atoms with van der Waals surface area (Å²) in [5.74, 6) is 0.829. The Morgan fingerprint density at radius 2 is 2.17 bits per heavy atom. The Labute approximate surface area is 107 Å². The summed E-state index contributed by atoms with van der Waals surface area (Å²) in [5.41, 5.74) is 3.00. The number of rotatable bonds is 3. The van der Waals surface area contributed by atoms with E-state index in [1.54, 1.807) is 4.68 Å². The molecule has 0 radical (unpaired) electrons. The Bertz CT molecular complexity index is 554. The number of aromatic nitrogens is 4. The molecule has 1 heterocycles. The number of hydrogen-bond donors (Lipinski definition) is 0. The molecule has 0 atom stereocenters. The van der Waals surface area contributed by atoms with Crippen LogP contribution in [0.4, 0.5) is 0 Å². The van der Waals surface area contributed by atoms with E-state index in [4.69, 9.17) is 0 Å². The van der Waals surface area contributed by atoms with E-state index in [2.05, 4.69) is 46.7 Å². The van der Waals surface area contributed by atoms with Gasteiger partial charge in [0.1, 0.15) is 0 Å². The Kier molecular flexibility index (Phi) is 2.65. The molecular weight excluding hydrogens is 224 g/mol. The van der Waals surface area contributed by atoms with Crippen LogP contribution >= 0.6 is 0 Å². The number of hydrogen-bond acceptors (Lipinski definition) is 3. The van der Waals surface area contributed by atoms with Crippen molar-refractivity contribution >= 4 is 0 Å². The van der Waals surface area contributed by atoms with Crippen LogP contribution in [0.15, 0.2) is 24.3 Å². The molecule has 4 nitrogen and oxygen atoms in total. The van der Waals surface area contributed by atoms with Crippen LogP contribution in [-0.4, -0.2) is 20.2 Å². The van der Waals surface area contributed by atoms with Gasteiger partial charge in [-0.1, -0.05) is 31.5 Å². The van der Waals surface area contributed by atoms with Crippen LogP contribution in [0.3, 0.4) is 0 Å². The summed E-state index contributed by atoms with van der Waals surface area (Å²) in [5, 5.41) is 11.6. The summed E-state index contributed by atoms with van der Waals surface area (Å²) in [4.78, 5) is 0. The van der Waals surface area contributed by atoms with E-state index in [0.717, 1.165) is 17.8 Å². The van der Waals surface area contributed by atoms with Gasteiger partial charge in [-0.3, -0.25) is 0 Å². The fourth-order valence-electron chi connectivity index (χ4n) is 2.74. The molecule has 1 aromatic carbocycles. The number of nitrogens with zero attached hydrogens (tertiary/aromatic N) is 4. The highest BCUT2D eigenvalue weighted by Crippen LogP contribution is 2.43. The minimum absolute atomic E-state index is 0.511. The van der Waals surface area contributed by atoms with Gasteiger partial charge in [-0.25, -0.2) is 4.68 Å². The first-order valence-electron chi connectivity index (χ1n) is 6.48. The predicted octanol–water partition coefficient (Wildman–Crippen LogP) is 2.61. The van der Waals surface area contributed by atoms with Crippen molar-refractivity contribution in [2.24, 2.45) is 12.5 Å². The molecular formula is C14H18N4. The lowest BCUT2D eigenvalue weighted by atomic mass is 9.67. The third-order valence-corrected chi connectivity index (χ3v) is 4.00. The molecule has 94 valence electrons. The van der Waals surface area contributed by atoms with Crippen LogP contribution in [-0.2, 0) is 13.5 Å². The SMILES string of the molecule is Cn1nnnc1-c1cccc(CC2(C)CCC2)c1. The van der Waals surface area contributed by atoms with Gasteiger partial charge in [-0.2, -0.15) is 0 Å². The number of benzene rings is 1. The quantitative estimate of drug-likeness (QED) is 0.831. The second kappa shape index (κ2) is 4.19. The van der Waals surface area contributed by atoms with Crippen molar-refractivity contribution in [1.82, 2.24) is 20.2 Å². The third-order valence-electron chi connectivity index (χ3n) is 4.00. The van der Waals surface area contributed by atoms with Gasteiger partial charge >= 0.3 is 0 Å². The normalized spacial score (nSPS) is 17.4. The summed E-state index contributed by atoms with van der Waals surface area (Å²) < 4.78 is 1.71. The average molecular weight is 242 g/mol. The molecule has 0 aliphatic heterocycles. The zero-order valence-corrected chi connectivity index (χ0v) is 10.9. The van der Waals surface area contributed by atoms with E-state index >= 15 is 0 Å². The maximum absolute atomic E-state index is 4.06. The average Bonchev–Trinajstić information content (AvgIpc) is 2.74. The van der Waals surface area contributed by atoms with Gasteiger partial charge in [0, 0.05) is 12.6 Å². The molecule has 1 fully saturated rings. The fraction of sp³-hybridized carbons (Fsp3) is 0.500. The molecule has 0 unspecified atom stereocenters. The summed E-state index contributed by atoms with van der Waals surface area (Å²) >= 11 is 0. The van der Waals surface area contributed by atoms with Gasteiger partial charge in [-0.15, -0.1) is 5.10 Å². The molecule has 0 saturated heterocycles. The van der Waals surface area contributed by atoms with E-state index in [0.29, 0.717) is 5.41 Å². The first-order valence-corrected chi connectivity index (χ1v) is 6.48. The first-order chi connectivity index (χ1) is 8.66. The van der Waals surface area contributed by atoms with Crippen molar-refractivity contribution in [2.75, 3.05) is 0 Å². The Hall–Kier alpha value is -1.71. The maximum atomic E-state index is 4.06. The monoisotopic (exact) mass is 242 g/mol. The summed E-state index contributed by atoms with van der Waals surface area (Å²) in [6.07, 6.45) is 5.24. The lowest BCUT2D eigenvalue weighted by Gasteiger charge is -2.38. The van der Waals surface area contributed by atoms with Crippen LogP contribution in [0.5, 0.6) is 0 Å². The van der Waals surface area contributed by atoms with Gasteiger partial charge < -0.3 is 0 Å². The molecule has 0 spiro atoms. The highest BCUT2D eigenvalue weighted by Gasteiger charge is 2.31. The molecule has 1 aromatic heterocycles. The molecule has 4 heteroatoms. The molecule has 1 aliphatic carbocycles. The van der Waals surface area contributed by atoms with Gasteiger partial charge in [0.25, 0.3) is 0 Å². The summed E-state index contributed by atoms with van der Waals surface area (Å²) in [6, 6.07) is 8.59. The lowest BCUT2D eigenvalue weighted by molar-refractivity contribution is 0.161. The zero-order valence-electron chi connectivity index (χ0n) is 10.9. The van der Waals surface area contributed by atoms with E-state index in [1.807, 2.05) is 7.05 Å².